The molecule has 5 rings (SSSR count). The lowest BCUT2D eigenvalue weighted by Gasteiger charge is -2.42. The number of esters is 1. The highest BCUT2D eigenvalue weighted by Crippen LogP contribution is 2.58. The molecule has 1 aliphatic carbocycles. The Morgan fingerprint density at radius 2 is 1.97 bits per heavy atom. The monoisotopic (exact) mass is 420 g/mol. The summed E-state index contributed by atoms with van der Waals surface area (Å²) in [5, 5.41) is 0. The molecule has 2 heterocycles. The zero-order chi connectivity index (χ0) is 21.8. The van der Waals surface area contributed by atoms with Gasteiger partial charge >= 0.3 is 5.97 Å². The van der Waals surface area contributed by atoms with Gasteiger partial charge in [-0.3, -0.25) is 0 Å². The molecule has 162 valence electrons. The van der Waals surface area contributed by atoms with Gasteiger partial charge in [0, 0.05) is 51.0 Å². The maximum Gasteiger partial charge on any atom is 0.338 e. The molecule has 0 radical (unpaired) electrons. The summed E-state index contributed by atoms with van der Waals surface area (Å²) in [6.07, 6.45) is 5.43. The molecular weight excluding hydrogens is 392 g/mol. The van der Waals surface area contributed by atoms with Crippen LogP contribution in [-0.2, 0) is 10.2 Å². The summed E-state index contributed by atoms with van der Waals surface area (Å²) >= 11 is 0. The Hall–Kier alpha value is -3.15. The quantitative estimate of drug-likeness (QED) is 0.554. The van der Waals surface area contributed by atoms with Crippen molar-refractivity contribution in [3.05, 3.63) is 59.7 Å². The highest BCUT2D eigenvalue weighted by molar-refractivity contribution is 5.90. The van der Waals surface area contributed by atoms with Crippen LogP contribution in [0.3, 0.4) is 0 Å². The fourth-order valence-corrected chi connectivity index (χ4v) is 5.06. The minimum absolute atomic E-state index is 0.0785. The van der Waals surface area contributed by atoms with E-state index in [1.54, 1.807) is 7.11 Å². The van der Waals surface area contributed by atoms with Crippen molar-refractivity contribution in [2.24, 2.45) is 0 Å². The third-order valence-corrected chi connectivity index (χ3v) is 6.82. The van der Waals surface area contributed by atoms with E-state index in [4.69, 9.17) is 14.2 Å². The largest absolute Gasteiger partial charge is 0.493 e. The van der Waals surface area contributed by atoms with E-state index in [9.17, 15) is 4.79 Å². The normalized spacial score (nSPS) is 25.4. The lowest BCUT2D eigenvalue weighted by Crippen LogP contribution is -2.47. The summed E-state index contributed by atoms with van der Waals surface area (Å²) in [6, 6.07) is 11.5. The van der Waals surface area contributed by atoms with Crippen LogP contribution in [0.1, 0.15) is 28.8 Å². The predicted molar refractivity (Wildman–Crippen MR) is 121 cm³/mol. The molecule has 0 N–H and O–H groups in total. The minimum Gasteiger partial charge on any atom is -0.493 e. The molecule has 2 aliphatic heterocycles. The minimum atomic E-state index is -0.319. The molecule has 3 atom stereocenters. The standard InChI is InChI=1S/C25H28N2O4/c1-26(2)17-7-5-16(6-8-17)24(28)30-18-11-12-25-13-14-27(3)19-9-10-20(29-4)23(22(19)25)31-21(25)15-18/h5-12,18,21H,13-15H2,1-4H3/t18-,21?,25-/m0/s1. The van der Waals surface area contributed by atoms with Crippen molar-refractivity contribution in [2.75, 3.05) is 44.6 Å². The Bertz CT molecular complexity index is 1050. The summed E-state index contributed by atoms with van der Waals surface area (Å²) < 4.78 is 17.9. The van der Waals surface area contributed by atoms with Crippen LogP contribution in [0, 0.1) is 0 Å². The molecule has 1 unspecified atom stereocenters. The van der Waals surface area contributed by atoms with Gasteiger partial charge in [0.15, 0.2) is 11.5 Å². The van der Waals surface area contributed by atoms with Crippen LogP contribution >= 0.6 is 0 Å². The first-order valence-electron chi connectivity index (χ1n) is 10.7. The number of methoxy groups -OCH3 is 1. The third kappa shape index (κ3) is 3.04. The Kier molecular flexibility index (Phi) is 4.61. The predicted octanol–water partition coefficient (Wildman–Crippen LogP) is 3.79. The number of carbonyl (C=O) groups excluding carboxylic acids is 1. The van der Waals surface area contributed by atoms with Crippen molar-refractivity contribution in [1.29, 1.82) is 0 Å². The molecule has 31 heavy (non-hydrogen) atoms. The maximum absolute atomic E-state index is 12.7. The Morgan fingerprint density at radius 1 is 1.19 bits per heavy atom. The average Bonchev–Trinajstić information content (AvgIpc) is 3.12. The van der Waals surface area contributed by atoms with E-state index in [1.807, 2.05) is 55.4 Å². The number of hydrogen-bond donors (Lipinski definition) is 0. The first kappa shape index (κ1) is 19.8. The van der Waals surface area contributed by atoms with Gasteiger partial charge in [-0.25, -0.2) is 4.79 Å². The molecule has 0 bridgehead atoms. The van der Waals surface area contributed by atoms with Gasteiger partial charge in [-0.05, 0) is 48.9 Å². The van der Waals surface area contributed by atoms with Gasteiger partial charge in [0.2, 0.25) is 0 Å². The van der Waals surface area contributed by atoms with Crippen LogP contribution in [-0.4, -0.2) is 53.0 Å². The average molecular weight is 421 g/mol. The van der Waals surface area contributed by atoms with Crippen LogP contribution in [0.15, 0.2) is 48.6 Å². The van der Waals surface area contributed by atoms with E-state index >= 15 is 0 Å². The number of rotatable bonds is 4. The Labute approximate surface area is 183 Å². The molecule has 0 aromatic heterocycles. The van der Waals surface area contributed by atoms with Crippen molar-refractivity contribution in [1.82, 2.24) is 0 Å². The second-order valence-electron chi connectivity index (χ2n) is 8.79. The van der Waals surface area contributed by atoms with Crippen LogP contribution < -0.4 is 19.3 Å². The fourth-order valence-electron chi connectivity index (χ4n) is 5.06. The molecule has 0 amide bonds. The SMILES string of the molecule is COc1ccc2c3c1OC1C[C@@H](OC(=O)c4ccc(N(C)C)cc4)C=C[C@@]31CCN2C. The molecule has 0 fully saturated rings. The van der Waals surface area contributed by atoms with Crippen LogP contribution in [0.5, 0.6) is 11.5 Å². The van der Waals surface area contributed by atoms with Gasteiger partial charge in [0.25, 0.3) is 0 Å². The summed E-state index contributed by atoms with van der Waals surface area (Å²) in [6.45, 7) is 0.950. The van der Waals surface area contributed by atoms with Gasteiger partial charge in [0.05, 0.1) is 18.1 Å². The molecule has 6 nitrogen and oxygen atoms in total. The Balaban J connectivity index is 1.39. The number of hydrogen-bond acceptors (Lipinski definition) is 6. The van der Waals surface area contributed by atoms with Crippen LogP contribution in [0.2, 0.25) is 0 Å². The maximum atomic E-state index is 12.7. The number of anilines is 2. The lowest BCUT2D eigenvalue weighted by molar-refractivity contribution is 0.0221. The van der Waals surface area contributed by atoms with Crippen molar-refractivity contribution in [2.45, 2.75) is 30.5 Å². The van der Waals surface area contributed by atoms with Gasteiger partial charge < -0.3 is 24.0 Å². The zero-order valence-electron chi connectivity index (χ0n) is 18.4. The fraction of sp³-hybridized carbons (Fsp3) is 0.400. The molecular formula is C25H28N2O4. The zero-order valence-corrected chi connectivity index (χ0v) is 18.4. The summed E-state index contributed by atoms with van der Waals surface area (Å²) in [7, 11) is 7.73. The van der Waals surface area contributed by atoms with Gasteiger partial charge in [-0.1, -0.05) is 6.08 Å². The van der Waals surface area contributed by atoms with E-state index in [0.29, 0.717) is 12.0 Å². The lowest BCUT2D eigenvalue weighted by atomic mass is 9.67. The molecule has 0 saturated heterocycles. The number of nitrogens with zero attached hydrogens (tertiary/aromatic N) is 2. The number of carbonyl (C=O) groups is 1. The number of benzene rings is 2. The van der Waals surface area contributed by atoms with Crippen molar-refractivity contribution in [3.63, 3.8) is 0 Å². The van der Waals surface area contributed by atoms with E-state index in [2.05, 4.69) is 24.1 Å². The first-order chi connectivity index (χ1) is 14.9. The molecule has 0 saturated carbocycles. The topological polar surface area (TPSA) is 51.2 Å². The van der Waals surface area contributed by atoms with E-state index in [0.717, 1.165) is 30.2 Å². The second kappa shape index (κ2) is 7.22. The van der Waals surface area contributed by atoms with Crippen LogP contribution in [0.4, 0.5) is 11.4 Å². The molecule has 3 aliphatic rings. The summed E-state index contributed by atoms with van der Waals surface area (Å²) in [4.78, 5) is 17.0. The van der Waals surface area contributed by atoms with Crippen molar-refractivity contribution < 1.29 is 19.0 Å². The molecule has 6 heteroatoms. The molecule has 2 aromatic rings. The highest BCUT2D eigenvalue weighted by atomic mass is 16.6. The summed E-state index contributed by atoms with van der Waals surface area (Å²) in [5.74, 6) is 1.27. The highest BCUT2D eigenvalue weighted by Gasteiger charge is 2.54. The smallest absolute Gasteiger partial charge is 0.338 e. The van der Waals surface area contributed by atoms with Gasteiger partial charge in [0.1, 0.15) is 12.2 Å². The van der Waals surface area contributed by atoms with E-state index in [-0.39, 0.29) is 23.6 Å². The second-order valence-corrected chi connectivity index (χ2v) is 8.79. The first-order valence-corrected chi connectivity index (χ1v) is 10.7. The molecule has 1 spiro atoms. The van der Waals surface area contributed by atoms with Crippen molar-refractivity contribution >= 4 is 17.3 Å². The van der Waals surface area contributed by atoms with Gasteiger partial charge in [-0.15, -0.1) is 0 Å². The van der Waals surface area contributed by atoms with E-state index < -0.39 is 0 Å². The van der Waals surface area contributed by atoms with E-state index in [1.165, 1.54) is 11.3 Å². The van der Waals surface area contributed by atoms with Crippen molar-refractivity contribution in [3.8, 4) is 11.5 Å². The van der Waals surface area contributed by atoms with Gasteiger partial charge in [-0.2, -0.15) is 0 Å². The Morgan fingerprint density at radius 3 is 2.68 bits per heavy atom. The van der Waals surface area contributed by atoms with Crippen LogP contribution in [0.25, 0.3) is 0 Å². The summed E-state index contributed by atoms with van der Waals surface area (Å²) in [5.41, 5.74) is 3.79. The number of ether oxygens (including phenoxy) is 3. The molecule has 2 aromatic carbocycles. The third-order valence-electron chi connectivity index (χ3n) is 6.82.